The van der Waals surface area contributed by atoms with Crippen LogP contribution in [0.25, 0.3) is 10.9 Å². The first-order valence-electron chi connectivity index (χ1n) is 13.4. The number of ether oxygens (including phenoxy) is 3. The van der Waals surface area contributed by atoms with Crippen LogP contribution in [0.5, 0.6) is 5.75 Å². The van der Waals surface area contributed by atoms with E-state index in [0.717, 1.165) is 68.4 Å². The fraction of sp³-hybridized carbons (Fsp3) is 0.433. The van der Waals surface area contributed by atoms with Crippen LogP contribution in [0.4, 0.5) is 0 Å². The molecule has 2 aromatic rings. The summed E-state index contributed by atoms with van der Waals surface area (Å²) < 4.78 is 16.6. The highest BCUT2D eigenvalue weighted by Crippen LogP contribution is 2.33. The lowest BCUT2D eigenvalue weighted by atomic mass is 9.94. The molecule has 1 aromatic carbocycles. The van der Waals surface area contributed by atoms with Crippen molar-refractivity contribution < 1.29 is 19.3 Å². The minimum absolute atomic E-state index is 0.0515. The predicted octanol–water partition coefficient (Wildman–Crippen LogP) is 5.63. The van der Waals surface area contributed by atoms with Crippen molar-refractivity contribution in [1.29, 1.82) is 0 Å². The minimum atomic E-state index is -0.726. The van der Waals surface area contributed by atoms with E-state index < -0.39 is 6.10 Å². The van der Waals surface area contributed by atoms with Crippen molar-refractivity contribution >= 4 is 22.5 Å². The van der Waals surface area contributed by atoms with Gasteiger partial charge in [-0.15, -0.1) is 0 Å². The van der Waals surface area contributed by atoms with Crippen LogP contribution in [0, 0.1) is 5.92 Å². The normalized spacial score (nSPS) is 21.3. The number of aromatic nitrogens is 1. The van der Waals surface area contributed by atoms with Gasteiger partial charge in [-0.3, -0.25) is 4.98 Å². The molecule has 2 aliphatic heterocycles. The summed E-state index contributed by atoms with van der Waals surface area (Å²) in [4.78, 5) is 6.77. The molecule has 0 bridgehead atoms. The van der Waals surface area contributed by atoms with E-state index in [9.17, 15) is 5.11 Å². The first-order chi connectivity index (χ1) is 18.6. The van der Waals surface area contributed by atoms with Gasteiger partial charge >= 0.3 is 0 Å². The quantitative estimate of drug-likeness (QED) is 0.407. The van der Waals surface area contributed by atoms with Crippen molar-refractivity contribution in [1.82, 2.24) is 15.2 Å². The lowest BCUT2D eigenvalue weighted by molar-refractivity contribution is 0.0840. The van der Waals surface area contributed by atoms with E-state index in [2.05, 4.69) is 33.4 Å². The highest BCUT2D eigenvalue weighted by atomic mass is 35.5. The molecule has 1 fully saturated rings. The van der Waals surface area contributed by atoms with Crippen LogP contribution in [0.15, 0.2) is 72.7 Å². The lowest BCUT2D eigenvalue weighted by Gasteiger charge is -2.35. The number of piperidine rings is 1. The average Bonchev–Trinajstić information content (AvgIpc) is 2.96. The first-order valence-corrected chi connectivity index (χ1v) is 13.8. The van der Waals surface area contributed by atoms with E-state index in [0.29, 0.717) is 28.8 Å². The van der Waals surface area contributed by atoms with Gasteiger partial charge in [0.05, 0.1) is 29.8 Å². The Kier molecular flexibility index (Phi) is 9.02. The largest absolute Gasteiger partial charge is 0.497 e. The molecule has 38 heavy (non-hydrogen) atoms. The van der Waals surface area contributed by atoms with Crippen molar-refractivity contribution in [3.05, 3.63) is 83.3 Å². The third kappa shape index (κ3) is 6.59. The van der Waals surface area contributed by atoms with Crippen LogP contribution in [0.3, 0.4) is 0 Å². The third-order valence-corrected chi connectivity index (χ3v) is 7.82. The Labute approximate surface area is 229 Å². The zero-order valence-electron chi connectivity index (χ0n) is 21.8. The number of aliphatic hydroxyl groups is 1. The Morgan fingerprint density at radius 3 is 3.03 bits per heavy atom. The van der Waals surface area contributed by atoms with E-state index in [1.165, 1.54) is 5.57 Å². The molecule has 3 aliphatic rings. The number of β-amino-alcohol motifs (C(OH)–C–C–N with tert-alkyl or cyclic N) is 1. The molecular weight excluding hydrogens is 502 g/mol. The molecule has 1 saturated heterocycles. The van der Waals surface area contributed by atoms with E-state index in [-0.39, 0.29) is 6.04 Å². The van der Waals surface area contributed by atoms with Gasteiger partial charge in [0.15, 0.2) is 5.76 Å². The number of pyridine rings is 1. The van der Waals surface area contributed by atoms with Crippen molar-refractivity contribution in [2.24, 2.45) is 5.92 Å². The Hall–Kier alpha value is -2.84. The summed E-state index contributed by atoms with van der Waals surface area (Å²) in [5, 5.41) is 16.4. The molecule has 1 aliphatic carbocycles. The SMILES string of the molecule is COc1ccc2ncc(Cl)c(C(O)CN3CCCC(CNC(CC4=CC=CCC4)C4=COC=CO4)C3)c2c1. The Morgan fingerprint density at radius 2 is 2.24 bits per heavy atom. The van der Waals surface area contributed by atoms with E-state index in [1.807, 2.05) is 18.2 Å². The topological polar surface area (TPSA) is 76.1 Å². The monoisotopic (exact) mass is 537 g/mol. The van der Waals surface area contributed by atoms with Gasteiger partial charge in [-0.05, 0) is 69.3 Å². The van der Waals surface area contributed by atoms with Crippen molar-refractivity contribution in [2.75, 3.05) is 33.3 Å². The number of hydrogen-bond donors (Lipinski definition) is 2. The standard InChI is InChI=1S/C30H36ClN3O4/c1-36-23-9-10-26-24(15-23)30(25(31)17-33-26)28(35)19-34-11-5-8-22(18-34)16-32-27(29-20-37-12-13-38-29)14-21-6-3-2-4-7-21/h2-3,6,9-10,12-13,15,17,20,22,27-28,32,35H,4-5,7-8,11,14,16,18-19H2,1H3. The second-order valence-electron chi connectivity index (χ2n) is 10.2. The zero-order chi connectivity index (χ0) is 26.3. The number of likely N-dealkylation sites (tertiary alicyclic amines) is 1. The predicted molar refractivity (Wildman–Crippen MR) is 150 cm³/mol. The van der Waals surface area contributed by atoms with Gasteiger partial charge < -0.3 is 29.5 Å². The molecule has 0 spiro atoms. The second kappa shape index (κ2) is 12.8. The molecule has 0 radical (unpaired) electrons. The maximum absolute atomic E-state index is 11.3. The summed E-state index contributed by atoms with van der Waals surface area (Å²) in [5.74, 6) is 1.98. The summed E-state index contributed by atoms with van der Waals surface area (Å²) in [6, 6.07) is 5.71. The number of allylic oxidation sites excluding steroid dienone is 3. The van der Waals surface area contributed by atoms with Gasteiger partial charge in [0, 0.05) is 30.2 Å². The Morgan fingerprint density at radius 1 is 1.32 bits per heavy atom. The maximum Gasteiger partial charge on any atom is 0.155 e. The van der Waals surface area contributed by atoms with Crippen LogP contribution < -0.4 is 10.1 Å². The van der Waals surface area contributed by atoms with Crippen LogP contribution >= 0.6 is 11.6 Å². The number of fused-ring (bicyclic) bond motifs is 1. The summed E-state index contributed by atoms with van der Waals surface area (Å²) >= 11 is 6.55. The van der Waals surface area contributed by atoms with E-state index in [1.54, 1.807) is 32.1 Å². The minimum Gasteiger partial charge on any atom is -0.497 e. The first kappa shape index (κ1) is 26.8. The number of rotatable bonds is 10. The molecule has 8 heteroatoms. The van der Waals surface area contributed by atoms with Gasteiger partial charge in [-0.25, -0.2) is 0 Å². The zero-order valence-corrected chi connectivity index (χ0v) is 22.6. The molecule has 0 amide bonds. The number of methoxy groups -OCH3 is 1. The van der Waals surface area contributed by atoms with Crippen molar-refractivity contribution in [3.8, 4) is 5.75 Å². The van der Waals surface area contributed by atoms with Crippen molar-refractivity contribution in [2.45, 2.75) is 44.2 Å². The average molecular weight is 538 g/mol. The molecule has 1 aromatic heterocycles. The molecule has 0 saturated carbocycles. The second-order valence-corrected chi connectivity index (χ2v) is 10.6. The number of nitrogens with one attached hydrogen (secondary N) is 1. The summed E-state index contributed by atoms with van der Waals surface area (Å²) in [6.45, 7) is 3.23. The fourth-order valence-corrected chi connectivity index (χ4v) is 5.83. The van der Waals surface area contributed by atoms with Crippen LogP contribution in [-0.4, -0.2) is 54.3 Å². The van der Waals surface area contributed by atoms with Gasteiger partial charge in [-0.1, -0.05) is 35.4 Å². The molecule has 3 unspecified atom stereocenters. The molecule has 2 N–H and O–H groups in total. The fourth-order valence-electron chi connectivity index (χ4n) is 5.56. The number of aliphatic hydroxyl groups excluding tert-OH is 1. The highest BCUT2D eigenvalue weighted by Gasteiger charge is 2.26. The van der Waals surface area contributed by atoms with Gasteiger partial charge in [0.25, 0.3) is 0 Å². The molecule has 3 heterocycles. The number of hydrogen-bond acceptors (Lipinski definition) is 7. The molecule has 3 atom stereocenters. The van der Waals surface area contributed by atoms with Gasteiger partial charge in [-0.2, -0.15) is 0 Å². The van der Waals surface area contributed by atoms with Crippen LogP contribution in [0.1, 0.15) is 43.8 Å². The maximum atomic E-state index is 11.3. The molecular formula is C30H36ClN3O4. The molecule has 7 nitrogen and oxygen atoms in total. The van der Waals surface area contributed by atoms with Crippen LogP contribution in [0.2, 0.25) is 5.02 Å². The summed E-state index contributed by atoms with van der Waals surface area (Å²) in [6.07, 6.45) is 17.6. The molecule has 202 valence electrons. The van der Waals surface area contributed by atoms with Gasteiger partial charge in [0.2, 0.25) is 0 Å². The number of halogens is 1. The third-order valence-electron chi connectivity index (χ3n) is 7.52. The van der Waals surface area contributed by atoms with Crippen LogP contribution in [-0.2, 0) is 9.47 Å². The number of benzene rings is 1. The number of nitrogens with zero attached hydrogens (tertiary/aromatic N) is 2. The van der Waals surface area contributed by atoms with Gasteiger partial charge in [0.1, 0.15) is 24.5 Å². The molecule has 5 rings (SSSR count). The smallest absolute Gasteiger partial charge is 0.155 e. The highest BCUT2D eigenvalue weighted by molar-refractivity contribution is 6.32. The summed E-state index contributed by atoms with van der Waals surface area (Å²) in [5.41, 5.74) is 2.91. The lowest BCUT2D eigenvalue weighted by Crippen LogP contribution is -2.44. The van der Waals surface area contributed by atoms with E-state index >= 15 is 0 Å². The van der Waals surface area contributed by atoms with E-state index in [4.69, 9.17) is 25.8 Å². The van der Waals surface area contributed by atoms with Crippen molar-refractivity contribution in [3.63, 3.8) is 0 Å². The Bertz CT molecular complexity index is 1240. The Balaban J connectivity index is 1.22. The summed E-state index contributed by atoms with van der Waals surface area (Å²) in [7, 11) is 1.63.